The Labute approximate surface area is 112 Å². The normalized spacial score (nSPS) is 39.5. The monoisotopic (exact) mass is 286 g/mol. The highest BCUT2D eigenvalue weighted by molar-refractivity contribution is 7.53. The molecule has 0 aromatic heterocycles. The van der Waals surface area contributed by atoms with Crippen LogP contribution in [0.5, 0.6) is 0 Å². The molecule has 2 aliphatic rings. The van der Waals surface area contributed by atoms with Gasteiger partial charge in [-0.3, -0.25) is 4.57 Å². The van der Waals surface area contributed by atoms with Crippen molar-refractivity contribution in [3.63, 3.8) is 0 Å². The summed E-state index contributed by atoms with van der Waals surface area (Å²) >= 11 is 6.12. The second kappa shape index (κ2) is 4.97. The zero-order chi connectivity index (χ0) is 12.6. The van der Waals surface area contributed by atoms with Crippen molar-refractivity contribution in [3.8, 4) is 0 Å². The molecular formula is C13H16ClO3P. The van der Waals surface area contributed by atoms with Gasteiger partial charge in [0.05, 0.1) is 18.4 Å². The minimum atomic E-state index is -3.00. The molecule has 1 aliphatic heterocycles. The average molecular weight is 287 g/mol. The fraction of sp³-hybridized carbons (Fsp3) is 0.538. The summed E-state index contributed by atoms with van der Waals surface area (Å²) in [4.78, 5) is 0. The molecule has 0 amide bonds. The molecule has 0 spiro atoms. The van der Waals surface area contributed by atoms with Crippen LogP contribution in [0.4, 0.5) is 0 Å². The second-order valence-corrected chi connectivity index (χ2v) is 7.59. The fourth-order valence-corrected chi connectivity index (χ4v) is 5.19. The van der Waals surface area contributed by atoms with E-state index in [9.17, 15) is 4.57 Å². The molecule has 4 atom stereocenters. The van der Waals surface area contributed by atoms with Gasteiger partial charge in [0.15, 0.2) is 0 Å². The summed E-state index contributed by atoms with van der Waals surface area (Å²) in [6, 6.07) is 9.69. The third-order valence-electron chi connectivity index (χ3n) is 3.40. The highest BCUT2D eigenvalue weighted by Gasteiger charge is 2.43. The van der Waals surface area contributed by atoms with Gasteiger partial charge < -0.3 is 9.05 Å². The number of hydrogen-bond acceptors (Lipinski definition) is 3. The van der Waals surface area contributed by atoms with E-state index in [1.165, 1.54) is 0 Å². The molecule has 1 saturated carbocycles. The maximum Gasteiger partial charge on any atom is 0.335 e. The van der Waals surface area contributed by atoms with E-state index in [2.05, 4.69) is 0 Å². The smallest absolute Gasteiger partial charge is 0.305 e. The van der Waals surface area contributed by atoms with Crippen LogP contribution in [0, 0.1) is 0 Å². The molecule has 1 heterocycles. The number of fused-ring (bicyclic) bond motifs is 2. The minimum Gasteiger partial charge on any atom is -0.305 e. The van der Waals surface area contributed by atoms with Gasteiger partial charge in [0.25, 0.3) is 0 Å². The first-order chi connectivity index (χ1) is 8.63. The Morgan fingerprint density at radius 3 is 2.33 bits per heavy atom. The van der Waals surface area contributed by atoms with Gasteiger partial charge in [-0.05, 0) is 18.4 Å². The summed E-state index contributed by atoms with van der Waals surface area (Å²) in [5.41, 5.74) is 0.989. The van der Waals surface area contributed by atoms with E-state index in [0.717, 1.165) is 24.8 Å². The molecule has 1 saturated heterocycles. The molecule has 0 radical (unpaired) electrons. The molecule has 2 fully saturated rings. The van der Waals surface area contributed by atoms with Crippen LogP contribution in [0.1, 0.15) is 24.8 Å². The Morgan fingerprint density at radius 2 is 1.72 bits per heavy atom. The standard InChI is InChI=1S/C13H16ClO3P/c14-11-6-12-8-13(7-11)17-18(15,16-12)9-10-4-2-1-3-5-10/h1-5,11-13H,6-9H2/t11?,12-,13+,18?. The highest BCUT2D eigenvalue weighted by Crippen LogP contribution is 2.59. The van der Waals surface area contributed by atoms with E-state index in [-0.39, 0.29) is 17.6 Å². The first-order valence-corrected chi connectivity index (χ1v) is 8.43. The second-order valence-electron chi connectivity index (χ2n) is 5.01. The largest absolute Gasteiger partial charge is 0.335 e. The molecule has 1 aromatic rings. The number of hydrogen-bond donors (Lipinski definition) is 0. The summed E-state index contributed by atoms with van der Waals surface area (Å²) in [6.07, 6.45) is 2.72. The molecule has 3 rings (SSSR count). The summed E-state index contributed by atoms with van der Waals surface area (Å²) < 4.78 is 24.0. The van der Waals surface area contributed by atoms with Gasteiger partial charge in [-0.1, -0.05) is 30.3 Å². The molecule has 98 valence electrons. The topological polar surface area (TPSA) is 35.5 Å². The van der Waals surface area contributed by atoms with Crippen molar-refractivity contribution in [2.75, 3.05) is 0 Å². The van der Waals surface area contributed by atoms with Gasteiger partial charge in [-0.15, -0.1) is 11.6 Å². The Hall–Kier alpha value is -0.340. The van der Waals surface area contributed by atoms with Crippen LogP contribution in [0.2, 0.25) is 0 Å². The Balaban J connectivity index is 1.74. The molecule has 1 aliphatic carbocycles. The Bertz CT molecular complexity index is 443. The highest BCUT2D eigenvalue weighted by atomic mass is 35.5. The number of benzene rings is 1. The molecule has 5 heteroatoms. The van der Waals surface area contributed by atoms with Crippen molar-refractivity contribution >= 4 is 19.2 Å². The van der Waals surface area contributed by atoms with Crippen LogP contribution in [-0.2, 0) is 19.8 Å². The van der Waals surface area contributed by atoms with E-state index < -0.39 is 7.60 Å². The molecule has 0 N–H and O–H groups in total. The van der Waals surface area contributed by atoms with E-state index in [1.807, 2.05) is 30.3 Å². The first-order valence-electron chi connectivity index (χ1n) is 6.27. The van der Waals surface area contributed by atoms with Crippen molar-refractivity contribution < 1.29 is 13.6 Å². The van der Waals surface area contributed by atoms with Crippen LogP contribution in [-0.4, -0.2) is 17.6 Å². The summed E-state index contributed by atoms with van der Waals surface area (Å²) in [5, 5.41) is 0.0826. The average Bonchev–Trinajstić information content (AvgIpc) is 2.27. The SMILES string of the molecule is O=P1(Cc2ccccc2)O[C@@H]2CC(Cl)C[C@@H](C2)O1. The van der Waals surface area contributed by atoms with E-state index >= 15 is 0 Å². The van der Waals surface area contributed by atoms with Crippen LogP contribution < -0.4 is 0 Å². The van der Waals surface area contributed by atoms with Crippen LogP contribution >= 0.6 is 19.2 Å². The lowest BCUT2D eigenvalue weighted by Gasteiger charge is -2.40. The lowest BCUT2D eigenvalue weighted by molar-refractivity contribution is -0.000200. The predicted molar refractivity (Wildman–Crippen MR) is 71.0 cm³/mol. The van der Waals surface area contributed by atoms with Crippen molar-refractivity contribution in [3.05, 3.63) is 35.9 Å². The van der Waals surface area contributed by atoms with Crippen molar-refractivity contribution in [1.82, 2.24) is 0 Å². The van der Waals surface area contributed by atoms with E-state index in [0.29, 0.717) is 6.16 Å². The molecule has 2 bridgehead atoms. The first kappa shape index (κ1) is 12.7. The van der Waals surface area contributed by atoms with E-state index in [4.69, 9.17) is 20.6 Å². The molecular weight excluding hydrogens is 271 g/mol. The van der Waals surface area contributed by atoms with Gasteiger partial charge in [0.2, 0.25) is 0 Å². The third kappa shape index (κ3) is 2.80. The van der Waals surface area contributed by atoms with Crippen LogP contribution in [0.3, 0.4) is 0 Å². The van der Waals surface area contributed by atoms with Crippen molar-refractivity contribution in [2.24, 2.45) is 0 Å². The predicted octanol–water partition coefficient (Wildman–Crippen LogP) is 3.96. The van der Waals surface area contributed by atoms with Crippen molar-refractivity contribution in [2.45, 2.75) is 43.0 Å². The third-order valence-corrected chi connectivity index (χ3v) is 5.75. The molecule has 3 nitrogen and oxygen atoms in total. The van der Waals surface area contributed by atoms with Gasteiger partial charge in [-0.25, -0.2) is 0 Å². The maximum absolute atomic E-state index is 12.6. The maximum atomic E-state index is 12.6. The van der Waals surface area contributed by atoms with Gasteiger partial charge >= 0.3 is 7.60 Å². The number of alkyl halides is 1. The zero-order valence-electron chi connectivity index (χ0n) is 10.00. The minimum absolute atomic E-state index is 0.00505. The zero-order valence-corrected chi connectivity index (χ0v) is 11.6. The number of rotatable bonds is 2. The van der Waals surface area contributed by atoms with Gasteiger partial charge in [0.1, 0.15) is 0 Å². The van der Waals surface area contributed by atoms with E-state index in [1.54, 1.807) is 0 Å². The Kier molecular flexibility index (Phi) is 3.50. The summed E-state index contributed by atoms with van der Waals surface area (Å²) in [7, 11) is -3.00. The quantitative estimate of drug-likeness (QED) is 0.610. The summed E-state index contributed by atoms with van der Waals surface area (Å²) in [6.45, 7) is 0. The van der Waals surface area contributed by atoms with Crippen molar-refractivity contribution in [1.29, 1.82) is 0 Å². The number of halogens is 1. The van der Waals surface area contributed by atoms with Gasteiger partial charge in [-0.2, -0.15) is 0 Å². The Morgan fingerprint density at radius 1 is 1.11 bits per heavy atom. The van der Waals surface area contributed by atoms with Crippen LogP contribution in [0.15, 0.2) is 30.3 Å². The lowest BCUT2D eigenvalue weighted by Crippen LogP contribution is -2.37. The lowest BCUT2D eigenvalue weighted by atomic mass is 9.95. The summed E-state index contributed by atoms with van der Waals surface area (Å²) in [5.74, 6) is 0. The van der Waals surface area contributed by atoms with Crippen LogP contribution in [0.25, 0.3) is 0 Å². The molecule has 2 unspecified atom stereocenters. The molecule has 18 heavy (non-hydrogen) atoms. The van der Waals surface area contributed by atoms with Gasteiger partial charge in [0, 0.05) is 11.8 Å². The fourth-order valence-electron chi connectivity index (χ4n) is 2.69. The molecule has 1 aromatic carbocycles.